The zero-order chi connectivity index (χ0) is 10.4. The van der Waals surface area contributed by atoms with Crippen molar-refractivity contribution in [2.75, 3.05) is 0 Å². The van der Waals surface area contributed by atoms with E-state index in [0.29, 0.717) is 0 Å². The number of amides is 1. The molecule has 0 aromatic carbocycles. The van der Waals surface area contributed by atoms with Gasteiger partial charge in [-0.2, -0.15) is 0 Å². The van der Waals surface area contributed by atoms with Crippen LogP contribution in [-0.2, 0) is 9.59 Å². The number of hydrogen-bond donors (Lipinski definition) is 3. The third kappa shape index (κ3) is 4.47. The molecule has 0 aliphatic heterocycles. The van der Waals surface area contributed by atoms with Crippen molar-refractivity contribution in [3.63, 3.8) is 0 Å². The van der Waals surface area contributed by atoms with Gasteiger partial charge in [-0.05, 0) is 5.92 Å². The highest BCUT2D eigenvalue weighted by molar-refractivity contribution is 5.76. The van der Waals surface area contributed by atoms with Crippen molar-refractivity contribution in [3.8, 4) is 0 Å². The lowest BCUT2D eigenvalue weighted by molar-refractivity contribution is -0.141. The minimum Gasteiger partial charge on any atom is -0.480 e. The Morgan fingerprint density at radius 3 is 2.31 bits per heavy atom. The van der Waals surface area contributed by atoms with Crippen LogP contribution >= 0.6 is 0 Å². The Labute approximate surface area is 77.5 Å². The topological polar surface area (TPSA) is 78.4 Å². The molecule has 0 fully saturated rings. The third-order valence-corrected chi connectivity index (χ3v) is 1.88. The standard InChI is InChI=1S/C8H16N2O3/c1-4-5(2)7(8(12)13)10-9-6(3)11/h5,7,10H,4H2,1-3H3,(H,9,11)(H,12,13)/t5-,7-/m0/s1. The Balaban J connectivity index is 4.10. The highest BCUT2D eigenvalue weighted by Gasteiger charge is 2.22. The summed E-state index contributed by atoms with van der Waals surface area (Å²) in [5.41, 5.74) is 4.74. The summed E-state index contributed by atoms with van der Waals surface area (Å²) in [7, 11) is 0. The zero-order valence-corrected chi connectivity index (χ0v) is 8.13. The number of carbonyl (C=O) groups excluding carboxylic acids is 1. The number of nitrogens with one attached hydrogen (secondary N) is 2. The van der Waals surface area contributed by atoms with Crippen LogP contribution < -0.4 is 10.9 Å². The van der Waals surface area contributed by atoms with E-state index in [0.717, 1.165) is 6.42 Å². The monoisotopic (exact) mass is 188 g/mol. The lowest BCUT2D eigenvalue weighted by atomic mass is 10.0. The fraction of sp³-hybridized carbons (Fsp3) is 0.750. The molecule has 3 N–H and O–H groups in total. The molecular weight excluding hydrogens is 172 g/mol. The van der Waals surface area contributed by atoms with Gasteiger partial charge >= 0.3 is 5.97 Å². The molecule has 5 nitrogen and oxygen atoms in total. The SMILES string of the molecule is CC[C@H](C)[C@H](NNC(C)=O)C(=O)O. The summed E-state index contributed by atoms with van der Waals surface area (Å²) in [5.74, 6) is -1.28. The summed E-state index contributed by atoms with van der Waals surface area (Å²) in [6, 6.07) is -0.728. The predicted octanol–water partition coefficient (Wildman–Crippen LogP) is 0.126. The highest BCUT2D eigenvalue weighted by atomic mass is 16.4. The largest absolute Gasteiger partial charge is 0.480 e. The van der Waals surface area contributed by atoms with Gasteiger partial charge in [0, 0.05) is 6.92 Å². The van der Waals surface area contributed by atoms with Gasteiger partial charge < -0.3 is 5.11 Å². The quantitative estimate of drug-likeness (QED) is 0.536. The van der Waals surface area contributed by atoms with Crippen LogP contribution in [0.3, 0.4) is 0 Å². The Bertz CT molecular complexity index is 194. The van der Waals surface area contributed by atoms with Crippen LogP contribution in [0.2, 0.25) is 0 Å². The van der Waals surface area contributed by atoms with E-state index in [2.05, 4.69) is 10.9 Å². The van der Waals surface area contributed by atoms with Gasteiger partial charge in [0.15, 0.2) is 0 Å². The Kier molecular flexibility index (Phi) is 5.06. The van der Waals surface area contributed by atoms with Crippen molar-refractivity contribution in [2.45, 2.75) is 33.2 Å². The minimum absolute atomic E-state index is 0.0238. The van der Waals surface area contributed by atoms with Crippen molar-refractivity contribution >= 4 is 11.9 Å². The van der Waals surface area contributed by atoms with Crippen LogP contribution in [0.1, 0.15) is 27.2 Å². The number of carboxylic acids is 1. The molecule has 0 bridgehead atoms. The molecule has 0 aliphatic rings. The molecule has 13 heavy (non-hydrogen) atoms. The smallest absolute Gasteiger partial charge is 0.322 e. The van der Waals surface area contributed by atoms with E-state index in [1.807, 2.05) is 13.8 Å². The number of hydrogen-bond acceptors (Lipinski definition) is 3. The first kappa shape index (κ1) is 11.9. The molecule has 0 aromatic rings. The van der Waals surface area contributed by atoms with E-state index >= 15 is 0 Å². The van der Waals surface area contributed by atoms with Crippen molar-refractivity contribution in [3.05, 3.63) is 0 Å². The van der Waals surface area contributed by atoms with Crippen LogP contribution in [0, 0.1) is 5.92 Å². The average Bonchev–Trinajstić information content (AvgIpc) is 2.03. The van der Waals surface area contributed by atoms with Crippen LogP contribution in [0.15, 0.2) is 0 Å². The molecule has 0 saturated carbocycles. The van der Waals surface area contributed by atoms with Crippen molar-refractivity contribution < 1.29 is 14.7 Å². The molecule has 0 aliphatic carbocycles. The number of carboxylic acid groups (broad SMARTS) is 1. The molecule has 0 saturated heterocycles. The first-order chi connectivity index (χ1) is 5.99. The molecule has 0 rings (SSSR count). The van der Waals surface area contributed by atoms with Gasteiger partial charge in [-0.25, -0.2) is 5.43 Å². The average molecular weight is 188 g/mol. The predicted molar refractivity (Wildman–Crippen MR) is 47.8 cm³/mol. The van der Waals surface area contributed by atoms with E-state index in [4.69, 9.17) is 5.11 Å². The lowest BCUT2D eigenvalue weighted by Gasteiger charge is -2.19. The molecule has 0 aromatic heterocycles. The number of aliphatic carboxylic acids is 1. The van der Waals surface area contributed by atoms with Crippen molar-refractivity contribution in [1.82, 2.24) is 10.9 Å². The van der Waals surface area contributed by atoms with Gasteiger partial charge in [-0.3, -0.25) is 15.0 Å². The molecule has 2 atom stereocenters. The van der Waals surface area contributed by atoms with E-state index in [1.54, 1.807) is 0 Å². The Hall–Kier alpha value is -1.10. The summed E-state index contributed by atoms with van der Waals surface area (Å²) in [6.45, 7) is 5.03. The van der Waals surface area contributed by atoms with Gasteiger partial charge in [0.1, 0.15) is 6.04 Å². The van der Waals surface area contributed by atoms with Gasteiger partial charge in [0.25, 0.3) is 0 Å². The number of carbonyl (C=O) groups is 2. The van der Waals surface area contributed by atoms with Crippen molar-refractivity contribution in [2.24, 2.45) is 5.92 Å². The molecule has 0 spiro atoms. The number of hydrazine groups is 1. The van der Waals surface area contributed by atoms with Gasteiger partial charge in [0.05, 0.1) is 0 Å². The Morgan fingerprint density at radius 2 is 2.00 bits per heavy atom. The van der Waals surface area contributed by atoms with Gasteiger partial charge in [-0.15, -0.1) is 0 Å². The van der Waals surface area contributed by atoms with Gasteiger partial charge in [0.2, 0.25) is 5.91 Å². The van der Waals surface area contributed by atoms with Crippen LogP contribution in [-0.4, -0.2) is 23.0 Å². The van der Waals surface area contributed by atoms with Crippen LogP contribution in [0.25, 0.3) is 0 Å². The molecule has 0 unspecified atom stereocenters. The van der Waals surface area contributed by atoms with Gasteiger partial charge in [-0.1, -0.05) is 20.3 Å². The summed E-state index contributed by atoms with van der Waals surface area (Å²) in [6.07, 6.45) is 0.740. The lowest BCUT2D eigenvalue weighted by Crippen LogP contribution is -2.50. The van der Waals surface area contributed by atoms with E-state index in [9.17, 15) is 9.59 Å². The summed E-state index contributed by atoms with van der Waals surface area (Å²) < 4.78 is 0. The first-order valence-electron chi connectivity index (χ1n) is 4.24. The zero-order valence-electron chi connectivity index (χ0n) is 8.13. The van der Waals surface area contributed by atoms with E-state index in [1.165, 1.54) is 6.92 Å². The summed E-state index contributed by atoms with van der Waals surface area (Å²) in [4.78, 5) is 21.2. The fourth-order valence-electron chi connectivity index (χ4n) is 0.862. The second-order valence-electron chi connectivity index (χ2n) is 3.03. The summed E-state index contributed by atoms with van der Waals surface area (Å²) in [5, 5.41) is 8.77. The maximum atomic E-state index is 10.7. The summed E-state index contributed by atoms with van der Waals surface area (Å²) >= 11 is 0. The fourth-order valence-corrected chi connectivity index (χ4v) is 0.862. The van der Waals surface area contributed by atoms with E-state index in [-0.39, 0.29) is 11.8 Å². The maximum Gasteiger partial charge on any atom is 0.322 e. The Morgan fingerprint density at radius 1 is 1.46 bits per heavy atom. The maximum absolute atomic E-state index is 10.7. The molecule has 1 amide bonds. The molecule has 5 heteroatoms. The normalized spacial score (nSPS) is 14.7. The molecular formula is C8H16N2O3. The third-order valence-electron chi connectivity index (χ3n) is 1.88. The second kappa shape index (κ2) is 5.53. The second-order valence-corrected chi connectivity index (χ2v) is 3.03. The molecule has 0 radical (unpaired) electrons. The highest BCUT2D eigenvalue weighted by Crippen LogP contribution is 2.06. The van der Waals surface area contributed by atoms with E-state index < -0.39 is 12.0 Å². The first-order valence-corrected chi connectivity index (χ1v) is 4.24. The molecule has 76 valence electrons. The van der Waals surface area contributed by atoms with Crippen LogP contribution in [0.5, 0.6) is 0 Å². The van der Waals surface area contributed by atoms with Crippen molar-refractivity contribution in [1.29, 1.82) is 0 Å². The molecule has 0 heterocycles. The van der Waals surface area contributed by atoms with Crippen LogP contribution in [0.4, 0.5) is 0 Å². The minimum atomic E-state index is -0.955. The number of rotatable bonds is 5.